The van der Waals surface area contributed by atoms with E-state index in [-0.39, 0.29) is 24.4 Å². The van der Waals surface area contributed by atoms with Gasteiger partial charge < -0.3 is 20.5 Å². The van der Waals surface area contributed by atoms with E-state index in [4.69, 9.17) is 15.2 Å². The Balaban J connectivity index is 0.00000200. The summed E-state index contributed by atoms with van der Waals surface area (Å²) >= 11 is 0. The summed E-state index contributed by atoms with van der Waals surface area (Å²) in [5, 5.41) is 2.86. The van der Waals surface area contributed by atoms with Crippen molar-refractivity contribution in [3.05, 3.63) is 24.3 Å². The lowest BCUT2D eigenvalue weighted by Gasteiger charge is -2.16. The Morgan fingerprint density at radius 1 is 1.45 bits per heavy atom. The highest BCUT2D eigenvalue weighted by molar-refractivity contribution is 5.92. The number of nitrogens with one attached hydrogen (secondary N) is 1. The van der Waals surface area contributed by atoms with E-state index in [1.54, 1.807) is 0 Å². The molecule has 1 aromatic carbocycles. The zero-order chi connectivity index (χ0) is 13.5. The summed E-state index contributed by atoms with van der Waals surface area (Å²) in [7, 11) is 0. The van der Waals surface area contributed by atoms with Crippen LogP contribution >= 0.6 is 12.4 Å². The molecule has 1 fully saturated rings. The SMILES string of the molecule is Cl.NCCCC(=O)Nc1ccccc1OC1CCOC1. The van der Waals surface area contributed by atoms with Crippen molar-refractivity contribution in [3.8, 4) is 5.75 Å². The van der Waals surface area contributed by atoms with Crippen LogP contribution in [-0.4, -0.2) is 31.8 Å². The maximum absolute atomic E-state index is 11.7. The minimum atomic E-state index is -0.0378. The van der Waals surface area contributed by atoms with Crippen LogP contribution in [0.5, 0.6) is 5.75 Å². The third-order valence-electron chi connectivity index (χ3n) is 2.95. The Kier molecular flexibility index (Phi) is 7.36. The number of carbonyl (C=O) groups is 1. The lowest BCUT2D eigenvalue weighted by Crippen LogP contribution is -2.18. The molecule has 1 saturated heterocycles. The zero-order valence-electron chi connectivity index (χ0n) is 11.3. The van der Waals surface area contributed by atoms with Gasteiger partial charge in [-0.1, -0.05) is 12.1 Å². The topological polar surface area (TPSA) is 73.6 Å². The van der Waals surface area contributed by atoms with Crippen LogP contribution in [0.2, 0.25) is 0 Å². The van der Waals surface area contributed by atoms with E-state index >= 15 is 0 Å². The standard InChI is InChI=1S/C14H20N2O3.ClH/c15-8-3-6-14(17)16-12-4-1-2-5-13(12)19-11-7-9-18-10-11;/h1-2,4-5,11H,3,6-10,15H2,(H,16,17);1H. The molecule has 1 unspecified atom stereocenters. The Morgan fingerprint density at radius 3 is 2.95 bits per heavy atom. The van der Waals surface area contributed by atoms with E-state index in [1.165, 1.54) is 0 Å². The number of amides is 1. The molecule has 6 heteroatoms. The number of ether oxygens (including phenoxy) is 2. The lowest BCUT2D eigenvalue weighted by atomic mass is 10.2. The van der Waals surface area contributed by atoms with E-state index < -0.39 is 0 Å². The summed E-state index contributed by atoms with van der Waals surface area (Å²) < 4.78 is 11.1. The van der Waals surface area contributed by atoms with Crippen molar-refractivity contribution >= 4 is 24.0 Å². The Labute approximate surface area is 125 Å². The first kappa shape index (κ1) is 16.8. The molecule has 3 N–H and O–H groups in total. The Hall–Kier alpha value is -1.30. The number of anilines is 1. The molecule has 1 aliphatic heterocycles. The molecular formula is C14H21ClN2O3. The van der Waals surface area contributed by atoms with Crippen molar-refractivity contribution in [2.24, 2.45) is 5.73 Å². The van der Waals surface area contributed by atoms with Crippen LogP contribution in [0.4, 0.5) is 5.69 Å². The van der Waals surface area contributed by atoms with E-state index in [9.17, 15) is 4.79 Å². The summed E-state index contributed by atoms with van der Waals surface area (Å²) in [5.74, 6) is 0.656. The number of hydrogen-bond donors (Lipinski definition) is 2. The van der Waals surface area contributed by atoms with E-state index in [0.29, 0.717) is 37.4 Å². The molecule has 0 aromatic heterocycles. The largest absolute Gasteiger partial charge is 0.486 e. The Morgan fingerprint density at radius 2 is 2.25 bits per heavy atom. The first-order valence-electron chi connectivity index (χ1n) is 6.63. The quantitative estimate of drug-likeness (QED) is 0.842. The fraction of sp³-hybridized carbons (Fsp3) is 0.500. The van der Waals surface area contributed by atoms with Crippen LogP contribution in [0.3, 0.4) is 0 Å². The first-order valence-corrected chi connectivity index (χ1v) is 6.63. The average Bonchev–Trinajstić information content (AvgIpc) is 2.91. The van der Waals surface area contributed by atoms with Crippen LogP contribution in [0, 0.1) is 0 Å². The van der Waals surface area contributed by atoms with Gasteiger partial charge in [0.2, 0.25) is 5.91 Å². The molecule has 5 nitrogen and oxygen atoms in total. The van der Waals surface area contributed by atoms with Crippen molar-refractivity contribution in [3.63, 3.8) is 0 Å². The molecule has 0 bridgehead atoms. The number of benzene rings is 1. The van der Waals surface area contributed by atoms with Gasteiger partial charge in [0.05, 0.1) is 18.9 Å². The second-order valence-electron chi connectivity index (χ2n) is 4.54. The summed E-state index contributed by atoms with van der Waals surface area (Å²) in [6.07, 6.45) is 2.07. The average molecular weight is 301 g/mol. The highest BCUT2D eigenvalue weighted by atomic mass is 35.5. The predicted molar refractivity (Wildman–Crippen MR) is 80.5 cm³/mol. The van der Waals surface area contributed by atoms with Gasteiger partial charge in [0.25, 0.3) is 0 Å². The van der Waals surface area contributed by atoms with E-state index in [0.717, 1.165) is 13.0 Å². The third-order valence-corrected chi connectivity index (χ3v) is 2.95. The van der Waals surface area contributed by atoms with Crippen LogP contribution in [-0.2, 0) is 9.53 Å². The van der Waals surface area contributed by atoms with Crippen LogP contribution in [0.1, 0.15) is 19.3 Å². The maximum Gasteiger partial charge on any atom is 0.224 e. The number of carbonyl (C=O) groups excluding carboxylic acids is 1. The van der Waals surface area contributed by atoms with Gasteiger partial charge in [0, 0.05) is 12.8 Å². The van der Waals surface area contributed by atoms with Gasteiger partial charge >= 0.3 is 0 Å². The summed E-state index contributed by atoms with van der Waals surface area (Å²) in [5.41, 5.74) is 6.10. The molecule has 1 heterocycles. The highest BCUT2D eigenvalue weighted by Crippen LogP contribution is 2.26. The maximum atomic E-state index is 11.7. The van der Waals surface area contributed by atoms with E-state index in [1.807, 2.05) is 24.3 Å². The molecule has 2 rings (SSSR count). The molecule has 112 valence electrons. The normalized spacial score (nSPS) is 17.4. The van der Waals surface area contributed by atoms with Gasteiger partial charge in [-0.15, -0.1) is 12.4 Å². The molecule has 1 atom stereocenters. The summed E-state index contributed by atoms with van der Waals surface area (Å²) in [6, 6.07) is 7.46. The minimum absolute atomic E-state index is 0. The van der Waals surface area contributed by atoms with E-state index in [2.05, 4.69) is 5.32 Å². The predicted octanol–water partition coefficient (Wildman–Crippen LogP) is 1.95. The number of nitrogens with two attached hydrogens (primary N) is 1. The van der Waals surface area contributed by atoms with Crippen molar-refractivity contribution < 1.29 is 14.3 Å². The monoisotopic (exact) mass is 300 g/mol. The van der Waals surface area contributed by atoms with Gasteiger partial charge in [-0.3, -0.25) is 4.79 Å². The first-order chi connectivity index (χ1) is 9.29. The number of rotatable bonds is 6. The van der Waals surface area contributed by atoms with Crippen molar-refractivity contribution in [1.29, 1.82) is 0 Å². The van der Waals surface area contributed by atoms with Gasteiger partial charge in [-0.2, -0.15) is 0 Å². The van der Waals surface area contributed by atoms with Gasteiger partial charge in [-0.05, 0) is 25.1 Å². The molecule has 0 aliphatic carbocycles. The second-order valence-corrected chi connectivity index (χ2v) is 4.54. The lowest BCUT2D eigenvalue weighted by molar-refractivity contribution is -0.116. The van der Waals surface area contributed by atoms with Crippen LogP contribution in [0.25, 0.3) is 0 Å². The minimum Gasteiger partial charge on any atom is -0.486 e. The number of halogens is 1. The molecule has 0 saturated carbocycles. The fourth-order valence-corrected chi connectivity index (χ4v) is 1.93. The second kappa shape index (κ2) is 8.79. The van der Waals surface area contributed by atoms with Gasteiger partial charge in [0.1, 0.15) is 11.9 Å². The molecule has 1 aliphatic rings. The van der Waals surface area contributed by atoms with Gasteiger partial charge in [-0.25, -0.2) is 0 Å². The highest BCUT2D eigenvalue weighted by Gasteiger charge is 2.18. The Bertz CT molecular complexity index is 423. The van der Waals surface area contributed by atoms with Crippen LogP contribution in [0.15, 0.2) is 24.3 Å². The third kappa shape index (κ3) is 5.00. The van der Waals surface area contributed by atoms with Crippen molar-refractivity contribution in [1.82, 2.24) is 0 Å². The zero-order valence-corrected chi connectivity index (χ0v) is 12.2. The smallest absolute Gasteiger partial charge is 0.224 e. The van der Waals surface area contributed by atoms with Gasteiger partial charge in [0.15, 0.2) is 0 Å². The van der Waals surface area contributed by atoms with Crippen LogP contribution < -0.4 is 15.8 Å². The molecule has 20 heavy (non-hydrogen) atoms. The summed E-state index contributed by atoms with van der Waals surface area (Å²) in [4.78, 5) is 11.7. The fourth-order valence-electron chi connectivity index (χ4n) is 1.93. The number of hydrogen-bond acceptors (Lipinski definition) is 4. The molecule has 0 radical (unpaired) electrons. The molecule has 1 aromatic rings. The van der Waals surface area contributed by atoms with Crippen molar-refractivity contribution in [2.75, 3.05) is 25.1 Å². The molecular weight excluding hydrogens is 280 g/mol. The molecule has 1 amide bonds. The number of para-hydroxylation sites is 2. The van der Waals surface area contributed by atoms with Crippen molar-refractivity contribution in [2.45, 2.75) is 25.4 Å². The summed E-state index contributed by atoms with van der Waals surface area (Å²) in [6.45, 7) is 1.86. The molecule has 0 spiro atoms.